The Hall–Kier alpha value is -1.01. The normalized spacial score (nSPS) is 19.5. The van der Waals surface area contributed by atoms with Gasteiger partial charge in [0.2, 0.25) is 0 Å². The Morgan fingerprint density at radius 1 is 1.03 bits per heavy atom. The van der Waals surface area contributed by atoms with E-state index in [-0.39, 0.29) is 30.9 Å². The Labute approximate surface area is 228 Å². The molecular formula is C28H41Cl3N2O2. The number of ether oxygens (including phenoxy) is 1. The molecule has 35 heavy (non-hydrogen) atoms. The number of aliphatic hydroxyl groups is 1. The molecule has 0 aromatic heterocycles. The topological polar surface area (TPSA) is 35.9 Å². The highest BCUT2D eigenvalue weighted by Gasteiger charge is 2.36. The zero-order chi connectivity index (χ0) is 23.3. The molecule has 1 unspecified atom stereocenters. The average Bonchev–Trinajstić information content (AvgIpc) is 2.83. The van der Waals surface area contributed by atoms with Crippen LogP contribution >= 0.6 is 36.4 Å². The molecule has 2 aromatic carbocycles. The third-order valence-corrected chi connectivity index (χ3v) is 7.90. The van der Waals surface area contributed by atoms with Crippen molar-refractivity contribution in [3.63, 3.8) is 0 Å². The molecule has 0 bridgehead atoms. The number of likely N-dealkylation sites (tertiary alicyclic amines) is 1. The monoisotopic (exact) mass is 542 g/mol. The molecule has 196 valence electrons. The molecule has 4 rings (SSSR count). The van der Waals surface area contributed by atoms with Gasteiger partial charge in [-0.1, -0.05) is 67.3 Å². The van der Waals surface area contributed by atoms with Gasteiger partial charge in [-0.05, 0) is 69.5 Å². The third kappa shape index (κ3) is 8.24. The van der Waals surface area contributed by atoms with Crippen LogP contribution in [-0.2, 0) is 6.61 Å². The summed E-state index contributed by atoms with van der Waals surface area (Å²) in [5.41, 5.74) is 1.74. The van der Waals surface area contributed by atoms with Crippen molar-refractivity contribution in [2.75, 3.05) is 27.2 Å². The van der Waals surface area contributed by atoms with Crippen LogP contribution in [0.2, 0.25) is 5.02 Å². The molecule has 7 heteroatoms. The van der Waals surface area contributed by atoms with E-state index in [9.17, 15) is 5.11 Å². The van der Waals surface area contributed by atoms with Gasteiger partial charge in [-0.15, -0.1) is 24.8 Å². The van der Waals surface area contributed by atoms with Gasteiger partial charge in [0.15, 0.2) is 0 Å². The Kier molecular flexibility index (Phi) is 12.1. The van der Waals surface area contributed by atoms with Gasteiger partial charge in [-0.25, -0.2) is 0 Å². The van der Waals surface area contributed by atoms with E-state index < -0.39 is 5.60 Å². The highest BCUT2D eigenvalue weighted by Crippen LogP contribution is 2.41. The van der Waals surface area contributed by atoms with E-state index in [0.29, 0.717) is 23.4 Å². The lowest BCUT2D eigenvalue weighted by Gasteiger charge is -2.43. The summed E-state index contributed by atoms with van der Waals surface area (Å²) in [5, 5.41) is 12.1. The van der Waals surface area contributed by atoms with Crippen molar-refractivity contribution < 1.29 is 9.84 Å². The molecule has 2 aliphatic rings. The van der Waals surface area contributed by atoms with Gasteiger partial charge in [-0.2, -0.15) is 0 Å². The second kappa shape index (κ2) is 14.1. The Balaban J connectivity index is 0.00000216. The van der Waals surface area contributed by atoms with Crippen molar-refractivity contribution in [3.8, 4) is 5.75 Å². The largest absolute Gasteiger partial charge is 0.487 e. The molecule has 4 nitrogen and oxygen atoms in total. The Morgan fingerprint density at radius 2 is 1.69 bits per heavy atom. The Bertz CT molecular complexity index is 883. The summed E-state index contributed by atoms with van der Waals surface area (Å²) in [7, 11) is 4.35. The summed E-state index contributed by atoms with van der Waals surface area (Å²) in [6, 6.07) is 17.2. The SMILES string of the molecule is CN(C)C1CCN(C(CC2(O)CCCCC2)c2ccc(OCc3ccccc3)c(Cl)c2)CC1.Cl.Cl. The molecule has 0 spiro atoms. The zero-order valence-electron chi connectivity index (χ0n) is 21.0. The molecule has 1 aliphatic heterocycles. The lowest BCUT2D eigenvalue weighted by Crippen LogP contribution is -2.45. The van der Waals surface area contributed by atoms with Crippen LogP contribution in [0.5, 0.6) is 5.75 Å². The Morgan fingerprint density at radius 3 is 2.29 bits per heavy atom. The summed E-state index contributed by atoms with van der Waals surface area (Å²) >= 11 is 6.71. The summed E-state index contributed by atoms with van der Waals surface area (Å²) in [4.78, 5) is 4.92. The summed E-state index contributed by atoms with van der Waals surface area (Å²) < 4.78 is 6.01. The number of hydrogen-bond acceptors (Lipinski definition) is 4. The predicted octanol–water partition coefficient (Wildman–Crippen LogP) is 6.92. The molecule has 1 saturated carbocycles. The minimum atomic E-state index is -0.573. The van der Waals surface area contributed by atoms with Gasteiger partial charge < -0.3 is 14.7 Å². The van der Waals surface area contributed by atoms with Crippen LogP contribution in [0, 0.1) is 0 Å². The van der Waals surface area contributed by atoms with Crippen LogP contribution in [0.1, 0.15) is 68.5 Å². The van der Waals surface area contributed by atoms with E-state index in [4.69, 9.17) is 16.3 Å². The van der Waals surface area contributed by atoms with Crippen LogP contribution in [0.3, 0.4) is 0 Å². The van der Waals surface area contributed by atoms with Crippen LogP contribution in [0.4, 0.5) is 0 Å². The number of piperidine rings is 1. The van der Waals surface area contributed by atoms with E-state index in [0.717, 1.165) is 63.6 Å². The molecule has 0 amide bonds. The molecule has 2 fully saturated rings. The fraction of sp³-hybridized carbons (Fsp3) is 0.571. The average molecular weight is 544 g/mol. The highest BCUT2D eigenvalue weighted by molar-refractivity contribution is 6.32. The van der Waals surface area contributed by atoms with E-state index in [2.05, 4.69) is 48.2 Å². The van der Waals surface area contributed by atoms with Crippen molar-refractivity contribution in [1.29, 1.82) is 0 Å². The highest BCUT2D eigenvalue weighted by atomic mass is 35.5. The van der Waals surface area contributed by atoms with Gasteiger partial charge in [0, 0.05) is 25.2 Å². The first-order valence-electron chi connectivity index (χ1n) is 12.5. The van der Waals surface area contributed by atoms with Crippen LogP contribution in [-0.4, -0.2) is 53.7 Å². The molecule has 2 aromatic rings. The first kappa shape index (κ1) is 30.2. The fourth-order valence-corrected chi connectivity index (χ4v) is 5.77. The number of benzene rings is 2. The van der Waals surface area contributed by atoms with Crippen LogP contribution in [0.25, 0.3) is 0 Å². The van der Waals surface area contributed by atoms with Crippen molar-refractivity contribution in [2.24, 2.45) is 0 Å². The molecule has 1 saturated heterocycles. The first-order chi connectivity index (χ1) is 15.9. The molecule has 0 radical (unpaired) electrons. The number of nitrogens with zero attached hydrogens (tertiary/aromatic N) is 2. The maximum atomic E-state index is 11.4. The summed E-state index contributed by atoms with van der Waals surface area (Å²) in [6.07, 6.45) is 8.40. The second-order valence-corrected chi connectivity index (χ2v) is 10.6. The molecule has 1 N–H and O–H groups in total. The lowest BCUT2D eigenvalue weighted by atomic mass is 9.78. The van der Waals surface area contributed by atoms with Crippen molar-refractivity contribution in [3.05, 3.63) is 64.7 Å². The van der Waals surface area contributed by atoms with Crippen molar-refractivity contribution >= 4 is 36.4 Å². The minimum Gasteiger partial charge on any atom is -0.487 e. The van der Waals surface area contributed by atoms with E-state index >= 15 is 0 Å². The maximum Gasteiger partial charge on any atom is 0.138 e. The lowest BCUT2D eigenvalue weighted by molar-refractivity contribution is -0.0330. The van der Waals surface area contributed by atoms with Gasteiger partial charge in [0.1, 0.15) is 12.4 Å². The van der Waals surface area contributed by atoms with Crippen LogP contribution < -0.4 is 4.74 Å². The standard InChI is InChI=1S/C28H39ClN2O2.2ClH/c1-30(2)24-13-17-31(18-14-24)26(20-28(32)15-7-4-8-16-28)23-11-12-27(25(29)19-23)33-21-22-9-5-3-6-10-22;;/h3,5-6,9-12,19,24,26,32H,4,7-8,13-18,20-21H2,1-2H3;2*1H. The minimum absolute atomic E-state index is 0. The van der Waals surface area contributed by atoms with Gasteiger partial charge >= 0.3 is 0 Å². The third-order valence-electron chi connectivity index (χ3n) is 7.61. The second-order valence-electron chi connectivity index (χ2n) is 10.2. The van der Waals surface area contributed by atoms with Crippen molar-refractivity contribution in [2.45, 2.75) is 75.7 Å². The van der Waals surface area contributed by atoms with Gasteiger partial charge in [-0.3, -0.25) is 4.90 Å². The van der Waals surface area contributed by atoms with E-state index in [1.807, 2.05) is 24.3 Å². The van der Waals surface area contributed by atoms with E-state index in [1.54, 1.807) is 0 Å². The number of rotatable bonds is 8. The summed E-state index contributed by atoms with van der Waals surface area (Å²) in [5.74, 6) is 0.714. The molecule has 1 heterocycles. The quantitative estimate of drug-likeness (QED) is 0.392. The smallest absolute Gasteiger partial charge is 0.138 e. The van der Waals surface area contributed by atoms with Crippen LogP contribution in [0.15, 0.2) is 48.5 Å². The molecule has 1 atom stereocenters. The zero-order valence-corrected chi connectivity index (χ0v) is 23.4. The van der Waals surface area contributed by atoms with E-state index in [1.165, 1.54) is 12.0 Å². The molecular weight excluding hydrogens is 503 g/mol. The van der Waals surface area contributed by atoms with Gasteiger partial charge in [0.25, 0.3) is 0 Å². The van der Waals surface area contributed by atoms with Crippen molar-refractivity contribution in [1.82, 2.24) is 9.80 Å². The van der Waals surface area contributed by atoms with Gasteiger partial charge in [0.05, 0.1) is 10.6 Å². The maximum absolute atomic E-state index is 11.4. The fourth-order valence-electron chi connectivity index (χ4n) is 5.52. The number of hydrogen-bond donors (Lipinski definition) is 1. The summed E-state index contributed by atoms with van der Waals surface area (Å²) in [6.45, 7) is 2.60. The number of halogens is 3. The predicted molar refractivity (Wildman–Crippen MR) is 150 cm³/mol. The first-order valence-corrected chi connectivity index (χ1v) is 12.9. The molecule has 1 aliphatic carbocycles.